The van der Waals surface area contributed by atoms with Crippen LogP contribution in [0.4, 0.5) is 0 Å². The number of thioether (sulfide) groups is 1. The molecule has 0 spiro atoms. The van der Waals surface area contributed by atoms with Crippen LogP contribution in [-0.2, 0) is 10.0 Å². The summed E-state index contributed by atoms with van der Waals surface area (Å²) in [7, 11) is -3.48. The molecule has 1 heterocycles. The molecule has 0 unspecified atom stereocenters. The zero-order valence-electron chi connectivity index (χ0n) is 13.5. The number of benzene rings is 2. The monoisotopic (exact) mass is 359 g/mol. The Balaban J connectivity index is 1.90. The van der Waals surface area contributed by atoms with E-state index < -0.39 is 10.0 Å². The molecule has 2 aromatic rings. The van der Waals surface area contributed by atoms with Crippen LogP contribution in [0, 0.1) is 0 Å². The Hall–Kier alpha value is -1.72. The molecule has 1 aliphatic rings. The highest BCUT2D eigenvalue weighted by Gasteiger charge is 2.23. The molecule has 0 aliphatic carbocycles. The standard InChI is InChI=1S/C19H21NO2S2/c21-24(22,19-13-7-2-8-14-19)20-15-9-3-6-12-18(16-20)23-17-10-4-1-5-11-17/h1-2,4-5,7-8,10-11,13-14,16H,3,6,9,12,15H2/b18-16+. The Bertz CT molecular complexity index is 787. The van der Waals surface area contributed by atoms with Gasteiger partial charge in [-0.1, -0.05) is 54.6 Å². The van der Waals surface area contributed by atoms with Crippen molar-refractivity contribution in [1.82, 2.24) is 4.31 Å². The highest BCUT2D eigenvalue weighted by molar-refractivity contribution is 8.03. The van der Waals surface area contributed by atoms with E-state index in [4.69, 9.17) is 0 Å². The van der Waals surface area contributed by atoms with Crippen molar-refractivity contribution in [2.45, 2.75) is 35.5 Å². The van der Waals surface area contributed by atoms with Gasteiger partial charge in [0.2, 0.25) is 0 Å². The van der Waals surface area contributed by atoms with Crippen molar-refractivity contribution in [2.24, 2.45) is 0 Å². The number of hydrogen-bond donors (Lipinski definition) is 0. The molecular formula is C19H21NO2S2. The maximum atomic E-state index is 12.9. The summed E-state index contributed by atoms with van der Waals surface area (Å²) < 4.78 is 27.4. The lowest BCUT2D eigenvalue weighted by atomic mass is 10.1. The van der Waals surface area contributed by atoms with E-state index in [1.807, 2.05) is 30.5 Å². The largest absolute Gasteiger partial charge is 0.273 e. The van der Waals surface area contributed by atoms with Crippen molar-refractivity contribution in [2.75, 3.05) is 6.54 Å². The second-order valence-electron chi connectivity index (χ2n) is 5.75. The van der Waals surface area contributed by atoms with Crippen LogP contribution >= 0.6 is 11.8 Å². The lowest BCUT2D eigenvalue weighted by Crippen LogP contribution is -2.28. The number of allylic oxidation sites excluding steroid dienone is 1. The average Bonchev–Trinajstić information content (AvgIpc) is 2.58. The summed E-state index contributed by atoms with van der Waals surface area (Å²) in [4.78, 5) is 2.59. The molecule has 0 atom stereocenters. The minimum atomic E-state index is -3.48. The van der Waals surface area contributed by atoms with Gasteiger partial charge in [-0.15, -0.1) is 0 Å². The number of sulfonamides is 1. The fourth-order valence-corrected chi connectivity index (χ4v) is 5.16. The van der Waals surface area contributed by atoms with Gasteiger partial charge >= 0.3 is 0 Å². The van der Waals surface area contributed by atoms with Gasteiger partial charge < -0.3 is 0 Å². The molecule has 3 nitrogen and oxygen atoms in total. The lowest BCUT2D eigenvalue weighted by molar-refractivity contribution is 0.469. The van der Waals surface area contributed by atoms with E-state index >= 15 is 0 Å². The molecule has 0 N–H and O–H groups in total. The van der Waals surface area contributed by atoms with Crippen LogP contribution in [-0.4, -0.2) is 19.3 Å². The van der Waals surface area contributed by atoms with Gasteiger partial charge in [-0.2, -0.15) is 0 Å². The quantitative estimate of drug-likeness (QED) is 0.780. The predicted octanol–water partition coefficient (Wildman–Crippen LogP) is 4.89. The smallest absolute Gasteiger partial charge is 0.263 e. The third-order valence-corrected chi connectivity index (χ3v) is 6.78. The van der Waals surface area contributed by atoms with Crippen LogP contribution in [0.2, 0.25) is 0 Å². The zero-order chi connectivity index (χ0) is 16.8. The topological polar surface area (TPSA) is 37.4 Å². The highest BCUT2D eigenvalue weighted by atomic mass is 32.2. The second kappa shape index (κ2) is 7.90. The van der Waals surface area contributed by atoms with Crippen LogP contribution in [0.25, 0.3) is 0 Å². The van der Waals surface area contributed by atoms with Crippen molar-refractivity contribution in [1.29, 1.82) is 0 Å². The summed E-state index contributed by atoms with van der Waals surface area (Å²) in [5, 5.41) is 0. The molecule has 0 saturated carbocycles. The Morgan fingerprint density at radius 3 is 2.21 bits per heavy atom. The summed E-state index contributed by atoms with van der Waals surface area (Å²) in [5.41, 5.74) is 0. The maximum absolute atomic E-state index is 12.9. The number of hydrogen-bond acceptors (Lipinski definition) is 3. The summed E-state index contributed by atoms with van der Waals surface area (Å²) in [6.07, 6.45) is 5.80. The van der Waals surface area contributed by atoms with Gasteiger partial charge in [-0.25, -0.2) is 8.42 Å². The Labute approximate surface area is 148 Å². The van der Waals surface area contributed by atoms with Crippen molar-refractivity contribution in [3.63, 3.8) is 0 Å². The predicted molar refractivity (Wildman–Crippen MR) is 99.2 cm³/mol. The van der Waals surface area contributed by atoms with E-state index in [0.717, 1.165) is 35.5 Å². The molecule has 0 aromatic heterocycles. The molecule has 3 rings (SSSR count). The van der Waals surface area contributed by atoms with Crippen LogP contribution in [0.5, 0.6) is 0 Å². The van der Waals surface area contributed by atoms with Gasteiger partial charge in [0.15, 0.2) is 0 Å². The Morgan fingerprint density at radius 2 is 1.50 bits per heavy atom. The van der Waals surface area contributed by atoms with Gasteiger partial charge in [-0.05, 0) is 43.5 Å². The number of rotatable bonds is 4. The molecule has 0 amide bonds. The number of nitrogens with zero attached hydrogens (tertiary/aromatic N) is 1. The summed E-state index contributed by atoms with van der Waals surface area (Å²) in [6, 6.07) is 18.8. The van der Waals surface area contributed by atoms with E-state index in [1.54, 1.807) is 36.0 Å². The third-order valence-electron chi connectivity index (χ3n) is 3.93. The first kappa shape index (κ1) is 17.1. The molecule has 1 aliphatic heterocycles. The van der Waals surface area contributed by atoms with Crippen LogP contribution in [0.15, 0.2) is 81.6 Å². The first-order valence-electron chi connectivity index (χ1n) is 8.17. The fraction of sp³-hybridized carbons (Fsp3) is 0.263. The second-order valence-corrected chi connectivity index (χ2v) is 8.84. The van der Waals surface area contributed by atoms with Gasteiger partial charge in [0.25, 0.3) is 10.0 Å². The van der Waals surface area contributed by atoms with Crippen LogP contribution in [0.1, 0.15) is 25.7 Å². The van der Waals surface area contributed by atoms with Gasteiger partial charge in [0, 0.05) is 22.5 Å². The Kier molecular flexibility index (Phi) is 5.63. The van der Waals surface area contributed by atoms with Crippen molar-refractivity contribution in [3.8, 4) is 0 Å². The van der Waals surface area contributed by atoms with E-state index in [-0.39, 0.29) is 0 Å². The van der Waals surface area contributed by atoms with Crippen LogP contribution < -0.4 is 0 Å². The highest BCUT2D eigenvalue weighted by Crippen LogP contribution is 2.33. The molecule has 0 fully saturated rings. The maximum Gasteiger partial charge on any atom is 0.263 e. The molecule has 0 saturated heterocycles. The molecule has 5 heteroatoms. The van der Waals surface area contributed by atoms with Crippen molar-refractivity contribution in [3.05, 3.63) is 71.8 Å². The zero-order valence-corrected chi connectivity index (χ0v) is 15.1. The van der Waals surface area contributed by atoms with E-state index in [9.17, 15) is 8.42 Å². The molecular weight excluding hydrogens is 338 g/mol. The van der Waals surface area contributed by atoms with Gasteiger partial charge in [0.1, 0.15) is 0 Å². The fourth-order valence-electron chi connectivity index (χ4n) is 2.67. The Morgan fingerprint density at radius 1 is 0.833 bits per heavy atom. The van der Waals surface area contributed by atoms with Crippen LogP contribution in [0.3, 0.4) is 0 Å². The lowest BCUT2D eigenvalue weighted by Gasteiger charge is -2.24. The molecule has 0 bridgehead atoms. The first-order valence-corrected chi connectivity index (χ1v) is 10.4. The summed E-state index contributed by atoms with van der Waals surface area (Å²) in [5.74, 6) is 0. The molecule has 2 aromatic carbocycles. The minimum absolute atomic E-state index is 0.353. The van der Waals surface area contributed by atoms with Crippen molar-refractivity contribution < 1.29 is 8.42 Å². The first-order chi connectivity index (χ1) is 11.7. The van der Waals surface area contributed by atoms with Crippen molar-refractivity contribution >= 4 is 21.8 Å². The summed E-state index contributed by atoms with van der Waals surface area (Å²) >= 11 is 1.66. The van der Waals surface area contributed by atoms with E-state index in [0.29, 0.717) is 11.4 Å². The summed E-state index contributed by atoms with van der Waals surface area (Å²) in [6.45, 7) is 0.538. The average molecular weight is 360 g/mol. The van der Waals surface area contributed by atoms with Gasteiger partial charge in [-0.3, -0.25) is 4.31 Å². The van der Waals surface area contributed by atoms with E-state index in [1.165, 1.54) is 4.31 Å². The minimum Gasteiger partial charge on any atom is -0.273 e. The SMILES string of the molecule is O=S(=O)(c1ccccc1)N1/C=C(/Sc2ccccc2)CCCCC1. The molecule has 0 radical (unpaired) electrons. The molecule has 126 valence electrons. The normalized spacial score (nSPS) is 18.3. The molecule has 24 heavy (non-hydrogen) atoms. The third kappa shape index (κ3) is 4.22. The van der Waals surface area contributed by atoms with Gasteiger partial charge in [0.05, 0.1) is 4.90 Å². The van der Waals surface area contributed by atoms with E-state index in [2.05, 4.69) is 12.1 Å².